The molecule has 0 unspecified atom stereocenters. The lowest BCUT2D eigenvalue weighted by Gasteiger charge is -2.02. The smallest absolute Gasteiger partial charge is 0.137 e. The molecule has 0 radical (unpaired) electrons. The van der Waals surface area contributed by atoms with E-state index in [-0.39, 0.29) is 6.61 Å². The molecule has 68 valence electrons. The highest BCUT2D eigenvalue weighted by atomic mass is 16.3. The number of aryl methyl sites for hydroxylation is 2. The van der Waals surface area contributed by atoms with E-state index in [0.717, 1.165) is 11.3 Å². The topological polar surface area (TPSA) is 37.5 Å². The molecule has 0 aliphatic rings. The molecule has 0 spiro atoms. The van der Waals surface area contributed by atoms with E-state index in [1.807, 2.05) is 16.7 Å². The molecule has 2 rings (SSSR count). The van der Waals surface area contributed by atoms with Crippen LogP contribution in [0, 0.1) is 13.8 Å². The number of pyridine rings is 1. The molecule has 0 aliphatic heterocycles. The van der Waals surface area contributed by atoms with E-state index < -0.39 is 0 Å². The van der Waals surface area contributed by atoms with Gasteiger partial charge in [-0.1, -0.05) is 0 Å². The zero-order chi connectivity index (χ0) is 9.42. The average molecular weight is 176 g/mol. The van der Waals surface area contributed by atoms with Gasteiger partial charge >= 0.3 is 0 Å². The fraction of sp³-hybridized carbons (Fsp3) is 0.300. The monoisotopic (exact) mass is 176 g/mol. The molecular weight excluding hydrogens is 164 g/mol. The van der Waals surface area contributed by atoms with Crippen LogP contribution in [0.15, 0.2) is 18.5 Å². The zero-order valence-electron chi connectivity index (χ0n) is 7.78. The fourth-order valence-electron chi connectivity index (χ4n) is 1.39. The van der Waals surface area contributed by atoms with Gasteiger partial charge in [-0.3, -0.25) is 0 Å². The Hall–Kier alpha value is -1.35. The number of imidazole rings is 1. The van der Waals surface area contributed by atoms with Crippen LogP contribution in [-0.4, -0.2) is 14.5 Å². The van der Waals surface area contributed by atoms with Gasteiger partial charge in [-0.2, -0.15) is 0 Å². The van der Waals surface area contributed by atoms with Crippen molar-refractivity contribution in [2.75, 3.05) is 0 Å². The van der Waals surface area contributed by atoms with Gasteiger partial charge in [0.05, 0.1) is 18.5 Å². The maximum absolute atomic E-state index is 9.02. The van der Waals surface area contributed by atoms with Crippen LogP contribution in [0.1, 0.15) is 16.8 Å². The molecule has 2 heterocycles. The highest BCUT2D eigenvalue weighted by Gasteiger charge is 2.03. The van der Waals surface area contributed by atoms with Gasteiger partial charge in [-0.15, -0.1) is 0 Å². The molecule has 0 atom stereocenters. The van der Waals surface area contributed by atoms with Crippen LogP contribution in [0.2, 0.25) is 0 Å². The molecule has 2 aromatic rings. The summed E-state index contributed by atoms with van der Waals surface area (Å²) in [6.07, 6.45) is 3.71. The number of aliphatic hydroxyl groups is 1. The van der Waals surface area contributed by atoms with Gasteiger partial charge in [-0.05, 0) is 31.0 Å². The maximum Gasteiger partial charge on any atom is 0.137 e. The molecule has 0 saturated heterocycles. The predicted octanol–water partition coefficient (Wildman–Crippen LogP) is 1.44. The predicted molar refractivity (Wildman–Crippen MR) is 50.6 cm³/mol. The summed E-state index contributed by atoms with van der Waals surface area (Å²) in [4.78, 5) is 4.19. The average Bonchev–Trinajstić information content (AvgIpc) is 2.48. The van der Waals surface area contributed by atoms with E-state index in [1.165, 1.54) is 11.1 Å². The van der Waals surface area contributed by atoms with Gasteiger partial charge in [-0.25, -0.2) is 4.98 Å². The standard InChI is InChI=1S/C10H12N2O/c1-7-3-10-11-4-9(6-13)12(10)5-8(7)2/h3-5,13H,6H2,1-2H3. The summed E-state index contributed by atoms with van der Waals surface area (Å²) >= 11 is 0. The first-order chi connectivity index (χ1) is 6.22. The van der Waals surface area contributed by atoms with Crippen LogP contribution < -0.4 is 0 Å². The van der Waals surface area contributed by atoms with Crippen LogP contribution in [0.4, 0.5) is 0 Å². The zero-order valence-corrected chi connectivity index (χ0v) is 7.78. The fourth-order valence-corrected chi connectivity index (χ4v) is 1.39. The van der Waals surface area contributed by atoms with E-state index in [9.17, 15) is 0 Å². The van der Waals surface area contributed by atoms with Crippen molar-refractivity contribution >= 4 is 5.65 Å². The van der Waals surface area contributed by atoms with Crippen LogP contribution in [0.3, 0.4) is 0 Å². The van der Waals surface area contributed by atoms with Crippen molar-refractivity contribution in [2.24, 2.45) is 0 Å². The number of rotatable bonds is 1. The summed E-state index contributed by atoms with van der Waals surface area (Å²) in [6.45, 7) is 4.14. The van der Waals surface area contributed by atoms with Crippen LogP contribution >= 0.6 is 0 Å². The Morgan fingerprint density at radius 3 is 2.85 bits per heavy atom. The maximum atomic E-state index is 9.02. The summed E-state index contributed by atoms with van der Waals surface area (Å²) in [6, 6.07) is 2.02. The van der Waals surface area contributed by atoms with E-state index in [2.05, 4.69) is 18.8 Å². The van der Waals surface area contributed by atoms with Gasteiger partial charge in [0, 0.05) is 6.20 Å². The van der Waals surface area contributed by atoms with E-state index in [1.54, 1.807) is 6.20 Å². The molecule has 0 aliphatic carbocycles. The molecular formula is C10H12N2O. The molecule has 0 amide bonds. The first kappa shape index (κ1) is 8.26. The van der Waals surface area contributed by atoms with E-state index in [4.69, 9.17) is 5.11 Å². The van der Waals surface area contributed by atoms with Crippen molar-refractivity contribution in [3.8, 4) is 0 Å². The third-order valence-electron chi connectivity index (χ3n) is 2.35. The molecule has 1 N–H and O–H groups in total. The second-order valence-corrected chi connectivity index (χ2v) is 3.28. The number of hydrogen-bond donors (Lipinski definition) is 1. The van der Waals surface area contributed by atoms with Gasteiger partial charge in [0.2, 0.25) is 0 Å². The Labute approximate surface area is 76.7 Å². The summed E-state index contributed by atoms with van der Waals surface area (Å²) < 4.78 is 1.92. The van der Waals surface area contributed by atoms with Crippen molar-refractivity contribution in [1.82, 2.24) is 9.38 Å². The number of fused-ring (bicyclic) bond motifs is 1. The van der Waals surface area contributed by atoms with Crippen molar-refractivity contribution in [1.29, 1.82) is 0 Å². The van der Waals surface area contributed by atoms with Crippen LogP contribution in [-0.2, 0) is 6.61 Å². The molecule has 3 nitrogen and oxygen atoms in total. The number of aromatic nitrogens is 2. The van der Waals surface area contributed by atoms with Crippen molar-refractivity contribution in [2.45, 2.75) is 20.5 Å². The minimum absolute atomic E-state index is 0.0314. The number of hydrogen-bond acceptors (Lipinski definition) is 2. The summed E-state index contributed by atoms with van der Waals surface area (Å²) in [7, 11) is 0. The molecule has 0 saturated carbocycles. The van der Waals surface area contributed by atoms with Crippen LogP contribution in [0.5, 0.6) is 0 Å². The van der Waals surface area contributed by atoms with Crippen molar-refractivity contribution in [3.63, 3.8) is 0 Å². The Balaban J connectivity index is 2.77. The second kappa shape index (κ2) is 2.85. The minimum Gasteiger partial charge on any atom is -0.390 e. The second-order valence-electron chi connectivity index (χ2n) is 3.28. The first-order valence-corrected chi connectivity index (χ1v) is 4.26. The minimum atomic E-state index is 0.0314. The summed E-state index contributed by atoms with van der Waals surface area (Å²) in [5.74, 6) is 0. The lowest BCUT2D eigenvalue weighted by Crippen LogP contribution is -1.94. The lowest BCUT2D eigenvalue weighted by molar-refractivity contribution is 0.276. The lowest BCUT2D eigenvalue weighted by atomic mass is 10.2. The van der Waals surface area contributed by atoms with Gasteiger partial charge in [0.25, 0.3) is 0 Å². The Kier molecular flexibility index (Phi) is 1.81. The summed E-state index contributed by atoms with van der Waals surface area (Å²) in [5, 5.41) is 9.02. The Bertz CT molecular complexity index is 445. The number of aliphatic hydroxyl groups excluding tert-OH is 1. The quantitative estimate of drug-likeness (QED) is 0.714. The molecule has 2 aromatic heterocycles. The normalized spacial score (nSPS) is 11.0. The van der Waals surface area contributed by atoms with E-state index >= 15 is 0 Å². The molecule has 13 heavy (non-hydrogen) atoms. The van der Waals surface area contributed by atoms with Gasteiger partial charge < -0.3 is 9.51 Å². The summed E-state index contributed by atoms with van der Waals surface area (Å²) in [5.41, 5.74) is 4.16. The highest BCUT2D eigenvalue weighted by molar-refractivity contribution is 5.45. The largest absolute Gasteiger partial charge is 0.390 e. The molecule has 0 bridgehead atoms. The third kappa shape index (κ3) is 1.21. The SMILES string of the molecule is Cc1cc2ncc(CO)n2cc1C. The number of nitrogens with zero attached hydrogens (tertiary/aromatic N) is 2. The molecule has 3 heteroatoms. The third-order valence-corrected chi connectivity index (χ3v) is 2.35. The van der Waals surface area contributed by atoms with Crippen LogP contribution in [0.25, 0.3) is 5.65 Å². The molecule has 0 aromatic carbocycles. The highest BCUT2D eigenvalue weighted by Crippen LogP contribution is 2.12. The van der Waals surface area contributed by atoms with E-state index in [0.29, 0.717) is 0 Å². The van der Waals surface area contributed by atoms with Gasteiger partial charge in [0.1, 0.15) is 5.65 Å². The van der Waals surface area contributed by atoms with Crippen molar-refractivity contribution in [3.05, 3.63) is 35.3 Å². The van der Waals surface area contributed by atoms with Gasteiger partial charge in [0.15, 0.2) is 0 Å². The Morgan fingerprint density at radius 1 is 1.38 bits per heavy atom. The molecule has 0 fully saturated rings. The van der Waals surface area contributed by atoms with Crippen molar-refractivity contribution < 1.29 is 5.11 Å². The first-order valence-electron chi connectivity index (χ1n) is 4.26. The Morgan fingerprint density at radius 2 is 2.15 bits per heavy atom.